The van der Waals surface area contributed by atoms with E-state index < -0.39 is 0 Å². The van der Waals surface area contributed by atoms with Crippen LogP contribution in [-0.4, -0.2) is 7.05 Å². The van der Waals surface area contributed by atoms with Gasteiger partial charge in [0.25, 0.3) is 0 Å². The van der Waals surface area contributed by atoms with Crippen molar-refractivity contribution in [1.82, 2.24) is 0 Å². The van der Waals surface area contributed by atoms with Crippen LogP contribution in [0.1, 0.15) is 11.1 Å². The molecule has 0 saturated carbocycles. The first-order valence-electron chi connectivity index (χ1n) is 7.29. The lowest BCUT2D eigenvalue weighted by atomic mass is 10.00. The van der Waals surface area contributed by atoms with Crippen molar-refractivity contribution in [3.8, 4) is 5.75 Å². The molecule has 0 saturated heterocycles. The topological polar surface area (TPSA) is 12.5 Å². The summed E-state index contributed by atoms with van der Waals surface area (Å²) in [5.41, 5.74) is 4.57. The monoisotopic (exact) mass is 289 g/mol. The average Bonchev–Trinajstić information content (AvgIpc) is 2.53. The van der Waals surface area contributed by atoms with Crippen molar-refractivity contribution in [2.45, 2.75) is 6.92 Å². The van der Waals surface area contributed by atoms with Crippen LogP contribution in [0.4, 0.5) is 5.69 Å². The molecule has 2 aromatic carbocycles. The van der Waals surface area contributed by atoms with E-state index in [4.69, 9.17) is 4.74 Å². The Labute approximate surface area is 131 Å². The van der Waals surface area contributed by atoms with Crippen LogP contribution < -0.4 is 9.64 Å². The van der Waals surface area contributed by atoms with E-state index in [1.807, 2.05) is 56.4 Å². The number of allylic oxidation sites excluding steroid dienone is 3. The molecule has 3 rings (SSSR count). The quantitative estimate of drug-likeness (QED) is 0.742. The number of nitrogens with zero attached hydrogens (tertiary/aromatic N) is 1. The van der Waals surface area contributed by atoms with Crippen LogP contribution in [0.25, 0.3) is 5.57 Å². The highest BCUT2D eigenvalue weighted by Gasteiger charge is 2.13. The van der Waals surface area contributed by atoms with Crippen molar-refractivity contribution in [2.24, 2.45) is 0 Å². The molecule has 2 aromatic rings. The number of hydrogen-bond acceptors (Lipinski definition) is 2. The second kappa shape index (κ2) is 5.94. The molecule has 0 N–H and O–H groups in total. The molecular formula is C20H19NO. The molecule has 0 aromatic heterocycles. The Kier molecular flexibility index (Phi) is 3.84. The van der Waals surface area contributed by atoms with Crippen molar-refractivity contribution in [2.75, 3.05) is 11.9 Å². The summed E-state index contributed by atoms with van der Waals surface area (Å²) >= 11 is 0. The van der Waals surface area contributed by atoms with Crippen molar-refractivity contribution in [3.63, 3.8) is 0 Å². The molecule has 0 amide bonds. The van der Waals surface area contributed by atoms with Crippen molar-refractivity contribution in [3.05, 3.63) is 90.3 Å². The molecule has 0 fully saturated rings. The molecule has 0 bridgehead atoms. The molecule has 1 aliphatic rings. The van der Waals surface area contributed by atoms with Crippen LogP contribution >= 0.6 is 0 Å². The maximum atomic E-state index is 5.87. The number of anilines is 1. The zero-order chi connectivity index (χ0) is 15.5. The van der Waals surface area contributed by atoms with Gasteiger partial charge in [-0.1, -0.05) is 43.0 Å². The summed E-state index contributed by atoms with van der Waals surface area (Å²) in [7, 11) is 2.05. The minimum atomic E-state index is 0.633. The third kappa shape index (κ3) is 2.82. The number of rotatable bonds is 3. The standard InChI is InChI=1S/C20H19NO/c1-15-8-4-7-11-20(15)22-16(2)14-17-12-13-21(3)19-10-6-5-9-18(17)19/h4-14H,2H2,1,3H3/b17-14-. The van der Waals surface area contributed by atoms with E-state index in [1.165, 1.54) is 11.3 Å². The van der Waals surface area contributed by atoms with Crippen LogP contribution in [0.3, 0.4) is 0 Å². The Bertz CT molecular complexity index is 771. The van der Waals surface area contributed by atoms with Gasteiger partial charge in [-0.3, -0.25) is 0 Å². The molecule has 0 aliphatic carbocycles. The summed E-state index contributed by atoms with van der Waals surface area (Å²) in [6.07, 6.45) is 6.11. The first kappa shape index (κ1) is 14.2. The third-order valence-electron chi connectivity index (χ3n) is 3.72. The second-order valence-corrected chi connectivity index (χ2v) is 5.38. The molecule has 22 heavy (non-hydrogen) atoms. The summed E-state index contributed by atoms with van der Waals surface area (Å²) in [5.74, 6) is 1.47. The maximum Gasteiger partial charge on any atom is 0.130 e. The predicted molar refractivity (Wildman–Crippen MR) is 92.9 cm³/mol. The van der Waals surface area contributed by atoms with Gasteiger partial charge < -0.3 is 9.64 Å². The van der Waals surface area contributed by atoms with E-state index in [0.717, 1.165) is 16.9 Å². The zero-order valence-corrected chi connectivity index (χ0v) is 12.9. The second-order valence-electron chi connectivity index (χ2n) is 5.38. The lowest BCUT2D eigenvalue weighted by Gasteiger charge is -2.23. The zero-order valence-electron chi connectivity index (χ0n) is 12.9. The molecule has 1 aliphatic heterocycles. The molecule has 0 radical (unpaired) electrons. The molecule has 1 heterocycles. The number of hydrogen-bond donors (Lipinski definition) is 0. The van der Waals surface area contributed by atoms with Gasteiger partial charge in [0.1, 0.15) is 11.5 Å². The largest absolute Gasteiger partial charge is 0.458 e. The van der Waals surface area contributed by atoms with Crippen molar-refractivity contribution in [1.29, 1.82) is 0 Å². The van der Waals surface area contributed by atoms with Crippen molar-refractivity contribution >= 4 is 11.3 Å². The molecule has 2 nitrogen and oxygen atoms in total. The van der Waals surface area contributed by atoms with E-state index >= 15 is 0 Å². The lowest BCUT2D eigenvalue weighted by Crippen LogP contribution is -2.13. The molecule has 2 heteroatoms. The molecule has 0 unspecified atom stereocenters. The van der Waals surface area contributed by atoms with Gasteiger partial charge in [0.2, 0.25) is 0 Å². The van der Waals surface area contributed by atoms with Crippen LogP contribution in [0.5, 0.6) is 5.75 Å². The molecule has 0 atom stereocenters. The van der Waals surface area contributed by atoms with Crippen LogP contribution in [0, 0.1) is 6.92 Å². The van der Waals surface area contributed by atoms with Crippen LogP contribution in [0.15, 0.2) is 79.2 Å². The summed E-state index contributed by atoms with van der Waals surface area (Å²) in [6, 6.07) is 16.3. The van der Waals surface area contributed by atoms with Gasteiger partial charge in [0, 0.05) is 24.5 Å². The number of para-hydroxylation sites is 2. The fourth-order valence-electron chi connectivity index (χ4n) is 2.53. The highest BCUT2D eigenvalue weighted by molar-refractivity contribution is 5.86. The number of fused-ring (bicyclic) bond motifs is 1. The van der Waals surface area contributed by atoms with Gasteiger partial charge in [-0.05, 0) is 42.3 Å². The predicted octanol–water partition coefficient (Wildman–Crippen LogP) is 4.93. The van der Waals surface area contributed by atoms with Gasteiger partial charge in [0.05, 0.1) is 0 Å². The van der Waals surface area contributed by atoms with E-state index in [1.54, 1.807) is 0 Å². The van der Waals surface area contributed by atoms with E-state index in [9.17, 15) is 0 Å². The Balaban J connectivity index is 1.88. The number of ether oxygens (including phenoxy) is 1. The Morgan fingerprint density at radius 3 is 2.64 bits per heavy atom. The Morgan fingerprint density at radius 2 is 1.82 bits per heavy atom. The van der Waals surface area contributed by atoms with Crippen molar-refractivity contribution < 1.29 is 4.74 Å². The Hall–Kier alpha value is -2.74. The first-order chi connectivity index (χ1) is 10.6. The van der Waals surface area contributed by atoms with Gasteiger partial charge in [-0.15, -0.1) is 0 Å². The summed E-state index contributed by atoms with van der Waals surface area (Å²) < 4.78 is 5.87. The highest BCUT2D eigenvalue weighted by Crippen LogP contribution is 2.32. The molecular weight excluding hydrogens is 270 g/mol. The third-order valence-corrected chi connectivity index (χ3v) is 3.72. The van der Waals surface area contributed by atoms with Crippen LogP contribution in [0.2, 0.25) is 0 Å². The Morgan fingerprint density at radius 1 is 1.09 bits per heavy atom. The fourth-order valence-corrected chi connectivity index (χ4v) is 2.53. The van der Waals surface area contributed by atoms with E-state index in [-0.39, 0.29) is 0 Å². The fraction of sp³-hybridized carbons (Fsp3) is 0.100. The highest BCUT2D eigenvalue weighted by atomic mass is 16.5. The van der Waals surface area contributed by atoms with Gasteiger partial charge in [0.15, 0.2) is 0 Å². The lowest BCUT2D eigenvalue weighted by molar-refractivity contribution is 0.444. The maximum absolute atomic E-state index is 5.87. The SMILES string of the molecule is C=C(/C=C1/C=CN(C)c2ccccc21)Oc1ccccc1C. The number of benzene rings is 2. The van der Waals surface area contributed by atoms with Gasteiger partial charge in [-0.2, -0.15) is 0 Å². The summed E-state index contributed by atoms with van der Waals surface area (Å²) in [6.45, 7) is 6.06. The van der Waals surface area contributed by atoms with Gasteiger partial charge >= 0.3 is 0 Å². The smallest absolute Gasteiger partial charge is 0.130 e. The summed E-state index contributed by atoms with van der Waals surface area (Å²) in [5, 5.41) is 0. The minimum absolute atomic E-state index is 0.633. The van der Waals surface area contributed by atoms with E-state index in [2.05, 4.69) is 35.9 Å². The number of aryl methyl sites for hydroxylation is 1. The van der Waals surface area contributed by atoms with E-state index in [0.29, 0.717) is 5.76 Å². The molecule has 0 spiro atoms. The normalized spacial score (nSPS) is 14.8. The minimum Gasteiger partial charge on any atom is -0.458 e. The first-order valence-corrected chi connectivity index (χ1v) is 7.29. The summed E-state index contributed by atoms with van der Waals surface area (Å²) in [4.78, 5) is 2.11. The van der Waals surface area contributed by atoms with Gasteiger partial charge in [-0.25, -0.2) is 0 Å². The average molecular weight is 289 g/mol. The molecule has 110 valence electrons. The van der Waals surface area contributed by atoms with Crippen LogP contribution in [-0.2, 0) is 0 Å².